The quantitative estimate of drug-likeness (QED) is 0.649. The molecular weight excluding hydrogens is 236 g/mol. The molecule has 1 saturated carbocycles. The molecule has 3 rings (SSSR count). The van der Waals surface area contributed by atoms with Crippen molar-refractivity contribution >= 4 is 11.9 Å². The van der Waals surface area contributed by atoms with Crippen molar-refractivity contribution in [2.45, 2.75) is 26.2 Å². The molecule has 1 aromatic rings. The molecule has 1 aromatic heterocycles. The number of aromatic nitrogens is 2. The van der Waals surface area contributed by atoms with Crippen molar-refractivity contribution < 1.29 is 0 Å². The zero-order chi connectivity index (χ0) is 13.4. The fourth-order valence-electron chi connectivity index (χ4n) is 3.51. The molecule has 2 aliphatic carbocycles. The van der Waals surface area contributed by atoms with E-state index in [1.807, 2.05) is 6.20 Å². The summed E-state index contributed by atoms with van der Waals surface area (Å²) >= 11 is 0. The predicted molar refractivity (Wildman–Crippen MR) is 73.4 cm³/mol. The van der Waals surface area contributed by atoms with Crippen LogP contribution in [-0.4, -0.2) is 15.8 Å². The molecule has 0 saturated heterocycles. The van der Waals surface area contributed by atoms with Crippen LogP contribution in [0.4, 0.5) is 0 Å². The van der Waals surface area contributed by atoms with Crippen LogP contribution >= 0.6 is 0 Å². The lowest BCUT2D eigenvalue weighted by Crippen LogP contribution is -2.03. The van der Waals surface area contributed by atoms with Crippen LogP contribution in [0.25, 0.3) is 5.70 Å². The van der Waals surface area contributed by atoms with E-state index in [0.717, 1.165) is 19.3 Å². The summed E-state index contributed by atoms with van der Waals surface area (Å²) in [5, 5.41) is 16.9. The molecule has 0 aromatic carbocycles. The van der Waals surface area contributed by atoms with Crippen LogP contribution in [-0.2, 0) is 0 Å². The van der Waals surface area contributed by atoms with E-state index >= 15 is 0 Å². The Labute approximate surface area is 112 Å². The number of fused-ring (bicyclic) bond motifs is 1. The van der Waals surface area contributed by atoms with E-state index < -0.39 is 0 Å². The number of hydrogen-bond acceptors (Lipinski definition) is 3. The minimum Gasteiger partial charge on any atom is -0.308 e. The van der Waals surface area contributed by atoms with E-state index in [1.165, 1.54) is 22.9 Å². The molecule has 2 aliphatic rings. The lowest BCUT2D eigenvalue weighted by Gasteiger charge is -2.09. The smallest absolute Gasteiger partial charge is 0.124 e. The van der Waals surface area contributed by atoms with Crippen LogP contribution in [0, 0.1) is 28.6 Å². The second kappa shape index (κ2) is 4.51. The summed E-state index contributed by atoms with van der Waals surface area (Å²) in [4.78, 5) is 4.01. The van der Waals surface area contributed by atoms with Gasteiger partial charge in [0.1, 0.15) is 11.8 Å². The molecular formula is C15H16N4. The third kappa shape index (κ3) is 1.82. The van der Waals surface area contributed by atoms with Crippen LogP contribution in [0.15, 0.2) is 35.4 Å². The Balaban J connectivity index is 1.95. The number of nitriles is 1. The minimum absolute atomic E-state index is 0.444. The SMILES string of the molecule is CC1=C(C=N)C2C/C(=C(\C#N)n3ccnc3)CC2C1. The van der Waals surface area contributed by atoms with E-state index in [2.05, 4.69) is 18.0 Å². The van der Waals surface area contributed by atoms with E-state index in [4.69, 9.17) is 5.41 Å². The van der Waals surface area contributed by atoms with Gasteiger partial charge < -0.3 is 5.41 Å². The third-order valence-corrected chi connectivity index (χ3v) is 4.36. The van der Waals surface area contributed by atoms with Gasteiger partial charge in [-0.05, 0) is 49.2 Å². The highest BCUT2D eigenvalue weighted by Crippen LogP contribution is 2.49. The molecule has 0 radical (unpaired) electrons. The molecule has 0 amide bonds. The zero-order valence-electron chi connectivity index (χ0n) is 10.9. The van der Waals surface area contributed by atoms with Crippen molar-refractivity contribution in [1.29, 1.82) is 10.7 Å². The second-order valence-corrected chi connectivity index (χ2v) is 5.39. The van der Waals surface area contributed by atoms with Crippen LogP contribution in [0.2, 0.25) is 0 Å². The Bertz CT molecular complexity index is 613. The van der Waals surface area contributed by atoms with Gasteiger partial charge in [-0.15, -0.1) is 0 Å². The number of allylic oxidation sites excluding steroid dienone is 4. The van der Waals surface area contributed by atoms with Gasteiger partial charge in [0.15, 0.2) is 0 Å². The summed E-state index contributed by atoms with van der Waals surface area (Å²) < 4.78 is 1.80. The summed E-state index contributed by atoms with van der Waals surface area (Å²) in [5.41, 5.74) is 4.46. The highest BCUT2D eigenvalue weighted by atomic mass is 15.0. The fraction of sp³-hybridized carbons (Fsp3) is 0.400. The van der Waals surface area contributed by atoms with Crippen LogP contribution in [0.3, 0.4) is 0 Å². The minimum atomic E-state index is 0.444. The predicted octanol–water partition coefficient (Wildman–Crippen LogP) is 3.01. The first kappa shape index (κ1) is 11.9. The molecule has 0 spiro atoms. The largest absolute Gasteiger partial charge is 0.308 e. The molecule has 4 nitrogen and oxygen atoms in total. The monoisotopic (exact) mass is 252 g/mol. The third-order valence-electron chi connectivity index (χ3n) is 4.36. The number of rotatable bonds is 2. The standard InChI is InChI=1S/C15H16N4/c1-10-4-11-5-12(6-13(11)14(10)7-16)15(8-17)19-3-2-18-9-19/h2-3,7,9,11,13,16H,4-6H2,1H3/b15-12+,16-7?. The molecule has 1 heterocycles. The molecule has 19 heavy (non-hydrogen) atoms. The van der Waals surface area contributed by atoms with Crippen molar-refractivity contribution in [3.8, 4) is 6.07 Å². The normalized spacial score (nSPS) is 28.2. The number of hydrogen-bond donors (Lipinski definition) is 1. The maximum atomic E-state index is 9.38. The molecule has 0 bridgehead atoms. The average molecular weight is 252 g/mol. The molecule has 2 atom stereocenters. The molecule has 1 fully saturated rings. The summed E-state index contributed by atoms with van der Waals surface area (Å²) in [6, 6.07) is 2.31. The van der Waals surface area contributed by atoms with Crippen molar-refractivity contribution in [3.63, 3.8) is 0 Å². The van der Waals surface area contributed by atoms with E-state index in [-0.39, 0.29) is 0 Å². The Hall–Kier alpha value is -2.15. The molecule has 1 N–H and O–H groups in total. The maximum Gasteiger partial charge on any atom is 0.124 e. The van der Waals surface area contributed by atoms with Gasteiger partial charge in [-0.1, -0.05) is 5.57 Å². The first-order valence-corrected chi connectivity index (χ1v) is 6.55. The number of imidazole rings is 1. The maximum absolute atomic E-state index is 9.38. The van der Waals surface area contributed by atoms with Gasteiger partial charge in [0, 0.05) is 18.6 Å². The van der Waals surface area contributed by atoms with E-state index in [1.54, 1.807) is 17.1 Å². The fourth-order valence-corrected chi connectivity index (χ4v) is 3.51. The summed E-state index contributed by atoms with van der Waals surface area (Å²) in [7, 11) is 0. The average Bonchev–Trinajstić information content (AvgIpc) is 3.07. The van der Waals surface area contributed by atoms with Gasteiger partial charge >= 0.3 is 0 Å². The Morgan fingerprint density at radius 2 is 2.37 bits per heavy atom. The van der Waals surface area contributed by atoms with Gasteiger partial charge in [-0.3, -0.25) is 4.57 Å². The van der Waals surface area contributed by atoms with Gasteiger partial charge in [-0.25, -0.2) is 4.98 Å². The van der Waals surface area contributed by atoms with Gasteiger partial charge in [0.25, 0.3) is 0 Å². The van der Waals surface area contributed by atoms with Crippen molar-refractivity contribution in [3.05, 3.63) is 35.4 Å². The number of nitrogens with zero attached hydrogens (tertiary/aromatic N) is 3. The van der Waals surface area contributed by atoms with E-state index in [0.29, 0.717) is 17.5 Å². The summed E-state index contributed by atoms with van der Waals surface area (Å²) in [6.45, 7) is 2.13. The van der Waals surface area contributed by atoms with Crippen LogP contribution in [0.1, 0.15) is 26.2 Å². The lowest BCUT2D eigenvalue weighted by atomic mass is 9.95. The number of nitrogens with one attached hydrogen (secondary N) is 1. The zero-order valence-corrected chi connectivity index (χ0v) is 10.9. The lowest BCUT2D eigenvalue weighted by molar-refractivity contribution is 0.487. The van der Waals surface area contributed by atoms with Crippen LogP contribution in [0.5, 0.6) is 0 Å². The van der Waals surface area contributed by atoms with Crippen molar-refractivity contribution in [2.24, 2.45) is 11.8 Å². The van der Waals surface area contributed by atoms with Gasteiger partial charge in [0.2, 0.25) is 0 Å². The highest BCUT2D eigenvalue weighted by Gasteiger charge is 2.39. The van der Waals surface area contributed by atoms with Gasteiger partial charge in [-0.2, -0.15) is 5.26 Å². The topological polar surface area (TPSA) is 65.5 Å². The molecule has 0 aliphatic heterocycles. The summed E-state index contributed by atoms with van der Waals surface area (Å²) in [5.74, 6) is 1.03. The Morgan fingerprint density at radius 3 is 3.00 bits per heavy atom. The highest BCUT2D eigenvalue weighted by molar-refractivity contribution is 5.79. The molecule has 96 valence electrons. The second-order valence-electron chi connectivity index (χ2n) is 5.39. The van der Waals surface area contributed by atoms with Crippen molar-refractivity contribution in [2.75, 3.05) is 0 Å². The first-order chi connectivity index (χ1) is 9.24. The first-order valence-electron chi connectivity index (χ1n) is 6.55. The summed E-state index contributed by atoms with van der Waals surface area (Å²) in [6.07, 6.45) is 9.65. The van der Waals surface area contributed by atoms with Crippen molar-refractivity contribution in [1.82, 2.24) is 9.55 Å². The Morgan fingerprint density at radius 1 is 1.53 bits per heavy atom. The van der Waals surface area contributed by atoms with E-state index in [9.17, 15) is 5.26 Å². The Kier molecular flexibility index (Phi) is 2.83. The van der Waals surface area contributed by atoms with Crippen LogP contribution < -0.4 is 0 Å². The molecule has 4 heteroatoms. The van der Waals surface area contributed by atoms with Gasteiger partial charge in [0.05, 0.1) is 6.33 Å². The molecule has 2 unspecified atom stereocenters.